The van der Waals surface area contributed by atoms with E-state index in [9.17, 15) is 4.79 Å². The summed E-state index contributed by atoms with van der Waals surface area (Å²) < 4.78 is 6.00. The van der Waals surface area contributed by atoms with Gasteiger partial charge in [0.15, 0.2) is 5.69 Å². The van der Waals surface area contributed by atoms with Crippen molar-refractivity contribution in [3.8, 4) is 5.82 Å². The molecule has 174 valence electrons. The molecule has 0 aliphatic rings. The Morgan fingerprint density at radius 3 is 2.59 bits per heavy atom. The van der Waals surface area contributed by atoms with E-state index in [0.29, 0.717) is 16.5 Å². The number of amides is 1. The lowest BCUT2D eigenvalue weighted by Gasteiger charge is -2.11. The Hall–Kier alpha value is -3.90. The summed E-state index contributed by atoms with van der Waals surface area (Å²) in [7, 11) is 3.92. The van der Waals surface area contributed by atoms with Crippen LogP contribution in [0.2, 0.25) is 5.02 Å². The molecule has 13 heteroatoms. The minimum absolute atomic E-state index is 0.0220. The molecular weight excluding hydrogens is 478 g/mol. The van der Waals surface area contributed by atoms with Crippen LogP contribution in [0.4, 0.5) is 11.5 Å². The number of hydrogen-bond acceptors (Lipinski definition) is 10. The Labute approximate surface area is 203 Å². The molecule has 0 aliphatic heterocycles. The van der Waals surface area contributed by atoms with Gasteiger partial charge in [-0.3, -0.25) is 4.79 Å². The van der Waals surface area contributed by atoms with Crippen molar-refractivity contribution in [2.24, 2.45) is 5.10 Å². The number of halogens is 1. The number of carbonyl (C=O) groups excluding carboxylic acids is 1. The predicted octanol–water partition coefficient (Wildman–Crippen LogP) is 3.01. The van der Waals surface area contributed by atoms with Crippen molar-refractivity contribution in [2.45, 2.75) is 10.6 Å². The molecule has 2 heterocycles. The maximum Gasteiger partial charge on any atom is 0.293 e. The first-order valence-corrected chi connectivity index (χ1v) is 11.3. The monoisotopic (exact) mass is 497 g/mol. The van der Waals surface area contributed by atoms with Crippen molar-refractivity contribution >= 4 is 47.0 Å². The van der Waals surface area contributed by atoms with Gasteiger partial charge < -0.3 is 10.6 Å². The van der Waals surface area contributed by atoms with Crippen LogP contribution in [0.25, 0.3) is 5.82 Å². The van der Waals surface area contributed by atoms with E-state index in [1.54, 1.807) is 18.3 Å². The second-order valence-corrected chi connectivity index (χ2v) is 8.68. The second-order valence-electron chi connectivity index (χ2n) is 7.20. The Morgan fingerprint density at radius 2 is 1.94 bits per heavy atom. The average molecular weight is 498 g/mol. The highest BCUT2D eigenvalue weighted by atomic mass is 35.5. The zero-order valence-electron chi connectivity index (χ0n) is 18.2. The quantitative estimate of drug-likeness (QED) is 0.213. The Morgan fingerprint density at radius 1 is 1.21 bits per heavy atom. The molecule has 0 radical (unpaired) electrons. The van der Waals surface area contributed by atoms with Crippen LogP contribution in [0.5, 0.6) is 0 Å². The van der Waals surface area contributed by atoms with E-state index in [-0.39, 0.29) is 17.3 Å². The SMILES string of the molecule is CN(C)c1ccc(C=NNC(=O)c2nnn(-c3nonc3N)c2CSc2ccc(Cl)cc2)cc1. The Balaban J connectivity index is 1.53. The van der Waals surface area contributed by atoms with Crippen LogP contribution in [0.3, 0.4) is 0 Å². The number of thioether (sulfide) groups is 1. The van der Waals surface area contributed by atoms with Gasteiger partial charge in [-0.25, -0.2) is 10.1 Å². The van der Waals surface area contributed by atoms with Gasteiger partial charge in [-0.2, -0.15) is 9.78 Å². The van der Waals surface area contributed by atoms with Gasteiger partial charge in [-0.1, -0.05) is 28.9 Å². The number of hydrazone groups is 1. The van der Waals surface area contributed by atoms with E-state index in [4.69, 9.17) is 17.3 Å². The summed E-state index contributed by atoms with van der Waals surface area (Å²) in [6.45, 7) is 0. The molecule has 11 nitrogen and oxygen atoms in total. The molecule has 4 aromatic rings. The van der Waals surface area contributed by atoms with E-state index >= 15 is 0 Å². The topological polar surface area (TPSA) is 140 Å². The van der Waals surface area contributed by atoms with Crippen molar-refractivity contribution in [2.75, 3.05) is 24.7 Å². The lowest BCUT2D eigenvalue weighted by molar-refractivity contribution is 0.0949. The number of nitrogen functional groups attached to an aromatic ring is 1. The van der Waals surface area contributed by atoms with Gasteiger partial charge in [0, 0.05) is 35.5 Å². The molecule has 0 saturated carbocycles. The number of benzene rings is 2. The normalized spacial score (nSPS) is 11.1. The molecule has 3 N–H and O–H groups in total. The summed E-state index contributed by atoms with van der Waals surface area (Å²) in [5, 5.41) is 20.1. The Kier molecular flexibility index (Phi) is 7.09. The minimum atomic E-state index is -0.533. The summed E-state index contributed by atoms with van der Waals surface area (Å²) in [4.78, 5) is 15.8. The third kappa shape index (κ3) is 5.35. The molecular formula is C21H20ClN9O2S. The van der Waals surface area contributed by atoms with Gasteiger partial charge in [0.25, 0.3) is 5.91 Å². The van der Waals surface area contributed by atoms with E-state index in [0.717, 1.165) is 16.1 Å². The summed E-state index contributed by atoms with van der Waals surface area (Å²) >= 11 is 7.42. The highest BCUT2D eigenvalue weighted by Crippen LogP contribution is 2.27. The number of nitrogens with one attached hydrogen (secondary N) is 1. The summed E-state index contributed by atoms with van der Waals surface area (Å²) in [5.74, 6) is -0.0370. The summed E-state index contributed by atoms with van der Waals surface area (Å²) in [5.41, 5.74) is 10.7. The predicted molar refractivity (Wildman–Crippen MR) is 130 cm³/mol. The molecule has 0 fully saturated rings. The van der Waals surface area contributed by atoms with Crippen molar-refractivity contribution < 1.29 is 9.42 Å². The molecule has 2 aromatic heterocycles. The lowest BCUT2D eigenvalue weighted by atomic mass is 10.2. The van der Waals surface area contributed by atoms with Gasteiger partial charge in [0.1, 0.15) is 0 Å². The van der Waals surface area contributed by atoms with Gasteiger partial charge in [-0.05, 0) is 52.3 Å². The highest BCUT2D eigenvalue weighted by molar-refractivity contribution is 7.98. The van der Waals surface area contributed by atoms with Crippen molar-refractivity contribution in [3.63, 3.8) is 0 Å². The first kappa shape index (κ1) is 23.3. The number of aromatic nitrogens is 5. The fraction of sp³-hybridized carbons (Fsp3) is 0.143. The minimum Gasteiger partial charge on any atom is -0.378 e. The maximum atomic E-state index is 12.9. The number of hydrogen-bond donors (Lipinski definition) is 2. The number of carbonyl (C=O) groups is 1. The average Bonchev–Trinajstić information content (AvgIpc) is 3.44. The first-order chi connectivity index (χ1) is 16.4. The third-order valence-corrected chi connectivity index (χ3v) is 5.93. The van der Waals surface area contributed by atoms with Crippen molar-refractivity contribution in [1.29, 1.82) is 0 Å². The number of nitrogens with zero attached hydrogens (tertiary/aromatic N) is 7. The van der Waals surface area contributed by atoms with Gasteiger partial charge in [-0.15, -0.1) is 16.9 Å². The van der Waals surface area contributed by atoms with Crippen LogP contribution >= 0.6 is 23.4 Å². The van der Waals surface area contributed by atoms with E-state index in [1.165, 1.54) is 16.4 Å². The highest BCUT2D eigenvalue weighted by Gasteiger charge is 2.24. The zero-order valence-corrected chi connectivity index (χ0v) is 19.8. The molecule has 0 spiro atoms. The fourth-order valence-corrected chi connectivity index (χ4v) is 3.89. The van der Waals surface area contributed by atoms with Crippen LogP contribution in [-0.4, -0.2) is 51.5 Å². The molecule has 0 saturated heterocycles. The molecule has 0 aliphatic carbocycles. The second kappa shape index (κ2) is 10.4. The van der Waals surface area contributed by atoms with Gasteiger partial charge in [0.2, 0.25) is 11.6 Å². The van der Waals surface area contributed by atoms with Crippen LogP contribution in [0, 0.1) is 0 Å². The molecule has 4 rings (SSSR count). The molecule has 34 heavy (non-hydrogen) atoms. The molecule has 0 unspecified atom stereocenters. The van der Waals surface area contributed by atoms with E-state index in [1.807, 2.05) is 55.4 Å². The summed E-state index contributed by atoms with van der Waals surface area (Å²) in [6.07, 6.45) is 1.55. The Bertz CT molecular complexity index is 1300. The van der Waals surface area contributed by atoms with Gasteiger partial charge >= 0.3 is 0 Å². The van der Waals surface area contributed by atoms with E-state index < -0.39 is 5.91 Å². The van der Waals surface area contributed by atoms with Crippen molar-refractivity contribution in [1.82, 2.24) is 30.7 Å². The van der Waals surface area contributed by atoms with Crippen LogP contribution < -0.4 is 16.1 Å². The van der Waals surface area contributed by atoms with Crippen LogP contribution in [0.1, 0.15) is 21.7 Å². The standard InChI is InChI=1S/C21H20ClN9O2S/c1-30(2)15-7-3-13(4-8-15)11-24-26-21(32)18-17(12-34-16-9-5-14(22)6-10-16)31(29-25-18)20-19(23)27-33-28-20/h3-11H,12H2,1-2H3,(H2,23,27)(H,26,32). The van der Waals surface area contributed by atoms with Crippen molar-refractivity contribution in [3.05, 3.63) is 70.5 Å². The third-order valence-electron chi connectivity index (χ3n) is 4.65. The summed E-state index contributed by atoms with van der Waals surface area (Å²) in [6, 6.07) is 15.0. The lowest BCUT2D eigenvalue weighted by Crippen LogP contribution is -2.20. The van der Waals surface area contributed by atoms with E-state index in [2.05, 4.69) is 35.8 Å². The number of nitrogens with two attached hydrogens (primary N) is 1. The largest absolute Gasteiger partial charge is 0.378 e. The molecule has 2 aromatic carbocycles. The molecule has 0 atom stereocenters. The molecule has 1 amide bonds. The number of anilines is 2. The zero-order chi connectivity index (χ0) is 24.1. The number of rotatable bonds is 8. The smallest absolute Gasteiger partial charge is 0.293 e. The van der Waals surface area contributed by atoms with Crippen LogP contribution in [0.15, 0.2) is 63.2 Å². The van der Waals surface area contributed by atoms with Crippen LogP contribution in [-0.2, 0) is 5.75 Å². The first-order valence-electron chi connectivity index (χ1n) is 9.94. The maximum absolute atomic E-state index is 12.9. The fourth-order valence-electron chi connectivity index (χ4n) is 2.87. The molecule has 0 bridgehead atoms. The van der Waals surface area contributed by atoms with Gasteiger partial charge in [0.05, 0.1) is 11.9 Å².